The van der Waals surface area contributed by atoms with E-state index >= 15 is 0 Å². The van der Waals surface area contributed by atoms with Crippen molar-refractivity contribution in [3.8, 4) is 0 Å². The molecule has 2 heterocycles. The van der Waals surface area contributed by atoms with Crippen molar-refractivity contribution < 1.29 is 19.4 Å². The first-order valence-corrected chi connectivity index (χ1v) is 6.64. The Bertz CT molecular complexity index is 350. The molecule has 2 aliphatic heterocycles. The van der Waals surface area contributed by atoms with Gasteiger partial charge in [-0.15, -0.1) is 0 Å². The number of nitrogens with zero attached hydrogens (tertiary/aromatic N) is 2. The minimum atomic E-state index is -0.828. The van der Waals surface area contributed by atoms with Gasteiger partial charge in [0.05, 0.1) is 25.7 Å². The summed E-state index contributed by atoms with van der Waals surface area (Å²) < 4.78 is 5.23. The number of nitrogens with two attached hydrogens (primary N) is 1. The summed E-state index contributed by atoms with van der Waals surface area (Å²) in [6.45, 7) is 3.41. The third-order valence-electron chi connectivity index (χ3n) is 3.70. The largest absolute Gasteiger partial charge is 0.480 e. The molecular weight excluding hydrogens is 250 g/mol. The van der Waals surface area contributed by atoms with Crippen molar-refractivity contribution in [2.45, 2.75) is 12.5 Å². The zero-order valence-electron chi connectivity index (χ0n) is 11.0. The van der Waals surface area contributed by atoms with Crippen LogP contribution in [0, 0.1) is 5.92 Å². The van der Waals surface area contributed by atoms with Crippen molar-refractivity contribution in [2.24, 2.45) is 11.7 Å². The van der Waals surface area contributed by atoms with Gasteiger partial charge in [-0.2, -0.15) is 0 Å². The highest BCUT2D eigenvalue weighted by atomic mass is 16.5. The Labute approximate surface area is 112 Å². The SMILES string of the molecule is NC1COCC1C(=O)N1CCCN(CC(=O)O)CC1. The third-order valence-corrected chi connectivity index (χ3v) is 3.70. The summed E-state index contributed by atoms with van der Waals surface area (Å²) in [6, 6.07) is -0.217. The van der Waals surface area contributed by atoms with Crippen molar-refractivity contribution in [3.05, 3.63) is 0 Å². The number of amides is 1. The molecule has 0 saturated carbocycles. The van der Waals surface area contributed by atoms with Gasteiger partial charge < -0.3 is 20.5 Å². The monoisotopic (exact) mass is 271 g/mol. The number of carbonyl (C=O) groups excluding carboxylic acids is 1. The Balaban J connectivity index is 1.88. The lowest BCUT2D eigenvalue weighted by molar-refractivity contribution is -0.138. The molecule has 0 aliphatic carbocycles. The zero-order chi connectivity index (χ0) is 13.8. The van der Waals surface area contributed by atoms with E-state index in [4.69, 9.17) is 15.6 Å². The summed E-state index contributed by atoms with van der Waals surface area (Å²) in [6.07, 6.45) is 0.793. The number of ether oxygens (including phenoxy) is 1. The summed E-state index contributed by atoms with van der Waals surface area (Å²) in [4.78, 5) is 26.7. The molecule has 0 radical (unpaired) electrons. The van der Waals surface area contributed by atoms with Gasteiger partial charge in [0.2, 0.25) is 5.91 Å². The van der Waals surface area contributed by atoms with E-state index in [0.717, 1.165) is 6.42 Å². The maximum absolute atomic E-state index is 12.3. The number of carboxylic acid groups (broad SMARTS) is 1. The molecule has 1 amide bonds. The fourth-order valence-electron chi connectivity index (χ4n) is 2.60. The van der Waals surface area contributed by atoms with Gasteiger partial charge in [0.25, 0.3) is 0 Å². The Morgan fingerprint density at radius 2 is 2.00 bits per heavy atom. The molecule has 2 saturated heterocycles. The van der Waals surface area contributed by atoms with E-state index in [9.17, 15) is 9.59 Å². The molecule has 0 aromatic carbocycles. The molecule has 2 unspecified atom stereocenters. The van der Waals surface area contributed by atoms with Gasteiger partial charge in [-0.3, -0.25) is 14.5 Å². The van der Waals surface area contributed by atoms with E-state index in [1.807, 2.05) is 4.90 Å². The summed E-state index contributed by atoms with van der Waals surface area (Å²) >= 11 is 0. The number of carboxylic acids is 1. The second-order valence-electron chi connectivity index (χ2n) is 5.16. The van der Waals surface area contributed by atoms with E-state index in [-0.39, 0.29) is 24.4 Å². The van der Waals surface area contributed by atoms with Gasteiger partial charge in [0.15, 0.2) is 0 Å². The van der Waals surface area contributed by atoms with E-state index in [1.165, 1.54) is 0 Å². The highest BCUT2D eigenvalue weighted by molar-refractivity contribution is 5.80. The molecule has 2 rings (SSSR count). The molecule has 0 spiro atoms. The molecular formula is C12H21N3O4. The van der Waals surface area contributed by atoms with Crippen molar-refractivity contribution >= 4 is 11.9 Å². The third kappa shape index (κ3) is 3.65. The summed E-state index contributed by atoms with van der Waals surface area (Å²) in [5, 5.41) is 8.78. The zero-order valence-corrected chi connectivity index (χ0v) is 11.0. The lowest BCUT2D eigenvalue weighted by Crippen LogP contribution is -2.45. The number of hydrogen-bond donors (Lipinski definition) is 2. The van der Waals surface area contributed by atoms with Crippen LogP contribution in [0.3, 0.4) is 0 Å². The first kappa shape index (κ1) is 14.2. The van der Waals surface area contributed by atoms with Gasteiger partial charge in [0, 0.05) is 32.2 Å². The van der Waals surface area contributed by atoms with Gasteiger partial charge in [-0.1, -0.05) is 0 Å². The fourth-order valence-corrected chi connectivity index (χ4v) is 2.60. The summed E-state index contributed by atoms with van der Waals surface area (Å²) in [5.74, 6) is -1.03. The average molecular weight is 271 g/mol. The lowest BCUT2D eigenvalue weighted by atomic mass is 10.0. The Morgan fingerprint density at radius 1 is 1.21 bits per heavy atom. The molecule has 7 heteroatoms. The van der Waals surface area contributed by atoms with Crippen LogP contribution in [0.5, 0.6) is 0 Å². The predicted molar refractivity (Wildman–Crippen MR) is 67.6 cm³/mol. The number of carbonyl (C=O) groups is 2. The molecule has 2 fully saturated rings. The molecule has 0 aromatic heterocycles. The number of hydrogen-bond acceptors (Lipinski definition) is 5. The standard InChI is InChI=1S/C12H21N3O4/c13-10-8-19-7-9(10)12(18)15-3-1-2-14(4-5-15)6-11(16)17/h9-10H,1-8,13H2,(H,16,17). The van der Waals surface area contributed by atoms with Gasteiger partial charge in [-0.05, 0) is 6.42 Å². The molecule has 2 aliphatic rings. The minimum Gasteiger partial charge on any atom is -0.480 e. The molecule has 3 N–H and O–H groups in total. The van der Waals surface area contributed by atoms with Crippen LogP contribution in [0.15, 0.2) is 0 Å². The van der Waals surface area contributed by atoms with E-state index in [1.54, 1.807) is 4.90 Å². The highest BCUT2D eigenvalue weighted by Gasteiger charge is 2.34. The first-order chi connectivity index (χ1) is 9.08. The minimum absolute atomic E-state index is 0.0358. The van der Waals surface area contributed by atoms with E-state index in [2.05, 4.69) is 0 Å². The molecule has 7 nitrogen and oxygen atoms in total. The average Bonchev–Trinajstić information content (AvgIpc) is 2.64. The maximum Gasteiger partial charge on any atom is 0.317 e. The van der Waals surface area contributed by atoms with Crippen LogP contribution in [0.4, 0.5) is 0 Å². The van der Waals surface area contributed by atoms with E-state index in [0.29, 0.717) is 39.4 Å². The highest BCUT2D eigenvalue weighted by Crippen LogP contribution is 2.16. The van der Waals surface area contributed by atoms with Crippen LogP contribution in [0.1, 0.15) is 6.42 Å². The van der Waals surface area contributed by atoms with Crippen LogP contribution >= 0.6 is 0 Å². The van der Waals surface area contributed by atoms with Crippen LogP contribution in [0.2, 0.25) is 0 Å². The Kier molecular flexibility index (Phi) is 4.73. The lowest BCUT2D eigenvalue weighted by Gasteiger charge is -2.25. The normalized spacial score (nSPS) is 29.2. The van der Waals surface area contributed by atoms with Crippen LogP contribution < -0.4 is 5.73 Å². The molecule has 2 atom stereocenters. The smallest absolute Gasteiger partial charge is 0.317 e. The Morgan fingerprint density at radius 3 is 2.63 bits per heavy atom. The van der Waals surface area contributed by atoms with Gasteiger partial charge in [-0.25, -0.2) is 0 Å². The molecule has 0 bridgehead atoms. The number of aliphatic carboxylic acids is 1. The van der Waals surface area contributed by atoms with Crippen molar-refractivity contribution in [1.82, 2.24) is 9.80 Å². The molecule has 108 valence electrons. The first-order valence-electron chi connectivity index (χ1n) is 6.64. The van der Waals surface area contributed by atoms with Gasteiger partial charge in [0.1, 0.15) is 0 Å². The summed E-state index contributed by atoms with van der Waals surface area (Å²) in [5.41, 5.74) is 5.86. The van der Waals surface area contributed by atoms with Crippen LogP contribution in [-0.4, -0.2) is 78.8 Å². The molecule has 19 heavy (non-hydrogen) atoms. The van der Waals surface area contributed by atoms with Gasteiger partial charge >= 0.3 is 5.97 Å². The van der Waals surface area contributed by atoms with Crippen LogP contribution in [-0.2, 0) is 14.3 Å². The van der Waals surface area contributed by atoms with Crippen molar-refractivity contribution in [2.75, 3.05) is 45.9 Å². The predicted octanol–water partition coefficient (Wildman–Crippen LogP) is -1.42. The molecule has 0 aromatic rings. The summed E-state index contributed by atoms with van der Waals surface area (Å²) in [7, 11) is 0. The fraction of sp³-hybridized carbons (Fsp3) is 0.833. The quantitative estimate of drug-likeness (QED) is 0.654. The Hall–Kier alpha value is -1.18. The van der Waals surface area contributed by atoms with Crippen molar-refractivity contribution in [1.29, 1.82) is 0 Å². The second kappa shape index (κ2) is 6.31. The van der Waals surface area contributed by atoms with Crippen LogP contribution in [0.25, 0.3) is 0 Å². The van der Waals surface area contributed by atoms with E-state index < -0.39 is 5.97 Å². The maximum atomic E-state index is 12.3. The van der Waals surface area contributed by atoms with Crippen molar-refractivity contribution in [3.63, 3.8) is 0 Å². The topological polar surface area (TPSA) is 96.1 Å². The number of rotatable bonds is 3. The second-order valence-corrected chi connectivity index (χ2v) is 5.16.